The summed E-state index contributed by atoms with van der Waals surface area (Å²) in [6.45, 7) is 4.76. The molecule has 0 N–H and O–H groups in total. The molecule has 0 saturated carbocycles. The van der Waals surface area contributed by atoms with E-state index in [0.717, 1.165) is 10.6 Å². The van der Waals surface area contributed by atoms with Gasteiger partial charge in [-0.1, -0.05) is 29.8 Å². The van der Waals surface area contributed by atoms with Gasteiger partial charge in [0.1, 0.15) is 0 Å². The number of carbonyl (C=O) groups is 1. The van der Waals surface area contributed by atoms with Crippen LogP contribution in [0.4, 0.5) is 0 Å². The van der Waals surface area contributed by atoms with Gasteiger partial charge in [0.2, 0.25) is 0 Å². The maximum atomic E-state index is 11.2. The van der Waals surface area contributed by atoms with Crippen LogP contribution >= 0.6 is 11.8 Å². The third-order valence-corrected chi connectivity index (χ3v) is 3.12. The lowest BCUT2D eigenvalue weighted by atomic mass is 10.2. The highest BCUT2D eigenvalue weighted by atomic mass is 32.2. The van der Waals surface area contributed by atoms with Crippen molar-refractivity contribution in [3.05, 3.63) is 35.4 Å². The van der Waals surface area contributed by atoms with Gasteiger partial charge < -0.3 is 4.74 Å². The first-order valence-electron chi connectivity index (χ1n) is 5.98. The molecule has 0 radical (unpaired) electrons. The van der Waals surface area contributed by atoms with Crippen molar-refractivity contribution in [3.8, 4) is 0 Å². The van der Waals surface area contributed by atoms with Crippen LogP contribution in [-0.4, -0.2) is 30.4 Å². The van der Waals surface area contributed by atoms with Crippen molar-refractivity contribution in [1.29, 1.82) is 0 Å². The Hall–Kier alpha value is -1.29. The van der Waals surface area contributed by atoms with Gasteiger partial charge in [0.25, 0.3) is 0 Å². The van der Waals surface area contributed by atoms with E-state index in [0.29, 0.717) is 19.6 Å². The molecule has 0 atom stereocenters. The average molecular weight is 265 g/mol. The second-order valence-electron chi connectivity index (χ2n) is 3.81. The number of thioether (sulfide) groups is 1. The Kier molecular flexibility index (Phi) is 6.50. The summed E-state index contributed by atoms with van der Waals surface area (Å²) in [5.41, 5.74) is 2.32. The van der Waals surface area contributed by atoms with E-state index in [4.69, 9.17) is 4.74 Å². The predicted molar refractivity (Wildman–Crippen MR) is 77.3 cm³/mol. The Bertz CT molecular complexity index is 412. The molecule has 98 valence electrons. The number of carbonyl (C=O) groups excluding carboxylic acids is 1. The van der Waals surface area contributed by atoms with Gasteiger partial charge in [-0.3, -0.25) is 9.79 Å². The summed E-state index contributed by atoms with van der Waals surface area (Å²) in [6.07, 6.45) is 2.33. The first-order chi connectivity index (χ1) is 8.67. The van der Waals surface area contributed by atoms with Crippen molar-refractivity contribution < 1.29 is 9.53 Å². The number of hydrogen-bond acceptors (Lipinski definition) is 4. The van der Waals surface area contributed by atoms with Crippen LogP contribution in [0.5, 0.6) is 0 Å². The second-order valence-corrected chi connectivity index (χ2v) is 4.61. The number of aliphatic imine (C=N–C) groups is 1. The number of esters is 1. The Morgan fingerprint density at radius 1 is 1.33 bits per heavy atom. The summed E-state index contributed by atoms with van der Waals surface area (Å²) in [6, 6.07) is 8.23. The molecule has 4 heteroatoms. The minimum atomic E-state index is -0.189. The van der Waals surface area contributed by atoms with Crippen molar-refractivity contribution in [3.63, 3.8) is 0 Å². The number of hydrogen-bond donors (Lipinski definition) is 0. The first kappa shape index (κ1) is 14.8. The summed E-state index contributed by atoms with van der Waals surface area (Å²) in [5, 5.41) is 0.958. The van der Waals surface area contributed by atoms with Gasteiger partial charge in [0.05, 0.1) is 24.6 Å². The molecule has 0 bridgehead atoms. The molecule has 0 fully saturated rings. The highest BCUT2D eigenvalue weighted by molar-refractivity contribution is 8.13. The van der Waals surface area contributed by atoms with Crippen LogP contribution in [0.25, 0.3) is 0 Å². The molecule has 3 nitrogen and oxygen atoms in total. The number of nitrogens with zero attached hydrogens (tertiary/aromatic N) is 1. The summed E-state index contributed by atoms with van der Waals surface area (Å²) in [7, 11) is 0. The maximum absolute atomic E-state index is 11.2. The molecule has 0 amide bonds. The van der Waals surface area contributed by atoms with Crippen molar-refractivity contribution in [1.82, 2.24) is 0 Å². The summed E-state index contributed by atoms with van der Waals surface area (Å²) in [5.74, 6) is -0.189. The molecule has 1 aromatic carbocycles. The minimum absolute atomic E-state index is 0.189. The van der Waals surface area contributed by atoms with Crippen LogP contribution in [-0.2, 0) is 9.53 Å². The van der Waals surface area contributed by atoms with E-state index in [1.807, 2.05) is 6.26 Å². The van der Waals surface area contributed by atoms with Gasteiger partial charge in [-0.25, -0.2) is 0 Å². The number of rotatable bonds is 5. The van der Waals surface area contributed by atoms with E-state index >= 15 is 0 Å². The van der Waals surface area contributed by atoms with Gasteiger partial charge in [0, 0.05) is 5.56 Å². The van der Waals surface area contributed by atoms with Crippen LogP contribution in [0.3, 0.4) is 0 Å². The van der Waals surface area contributed by atoms with Crippen molar-refractivity contribution in [2.75, 3.05) is 19.4 Å². The summed E-state index contributed by atoms with van der Waals surface area (Å²) >= 11 is 1.59. The van der Waals surface area contributed by atoms with Crippen LogP contribution < -0.4 is 0 Å². The van der Waals surface area contributed by atoms with Gasteiger partial charge in [-0.2, -0.15) is 0 Å². The van der Waals surface area contributed by atoms with Crippen LogP contribution in [0.2, 0.25) is 0 Å². The topological polar surface area (TPSA) is 38.7 Å². The zero-order valence-electron chi connectivity index (χ0n) is 11.1. The van der Waals surface area contributed by atoms with E-state index < -0.39 is 0 Å². The maximum Gasteiger partial charge on any atom is 0.307 e. The monoisotopic (exact) mass is 265 g/mol. The quantitative estimate of drug-likeness (QED) is 0.466. The third kappa shape index (κ3) is 4.92. The molecule has 0 aliphatic heterocycles. The summed E-state index contributed by atoms with van der Waals surface area (Å²) < 4.78 is 4.86. The fraction of sp³-hybridized carbons (Fsp3) is 0.429. The molecule has 0 aliphatic carbocycles. The highest BCUT2D eigenvalue weighted by Crippen LogP contribution is 2.12. The molecule has 1 rings (SSSR count). The molecule has 0 spiro atoms. The van der Waals surface area contributed by atoms with Gasteiger partial charge in [-0.15, -0.1) is 11.8 Å². The lowest BCUT2D eigenvalue weighted by Gasteiger charge is -2.04. The van der Waals surface area contributed by atoms with Gasteiger partial charge in [-0.05, 0) is 20.1 Å². The van der Waals surface area contributed by atoms with Crippen molar-refractivity contribution >= 4 is 22.8 Å². The molecule has 1 aromatic rings. The Balaban J connectivity index is 2.60. The zero-order valence-corrected chi connectivity index (χ0v) is 11.9. The van der Waals surface area contributed by atoms with E-state index in [-0.39, 0.29) is 5.97 Å². The molecule has 0 heterocycles. The molecule has 0 aromatic heterocycles. The standard InChI is InChI=1S/C14H19NO2S/c1-4-17-13(16)9-10-15-14(18-3)12-7-5-11(2)6-8-12/h5-8H,4,9-10H2,1-3H3. The van der Waals surface area contributed by atoms with Gasteiger partial charge in [0.15, 0.2) is 0 Å². The van der Waals surface area contributed by atoms with Crippen molar-refractivity contribution in [2.45, 2.75) is 20.3 Å². The van der Waals surface area contributed by atoms with E-state index in [1.165, 1.54) is 5.56 Å². The molecule has 0 aliphatic rings. The van der Waals surface area contributed by atoms with Gasteiger partial charge >= 0.3 is 5.97 Å². The molecule has 18 heavy (non-hydrogen) atoms. The molecular formula is C14H19NO2S. The number of aryl methyl sites for hydroxylation is 1. The molecule has 0 unspecified atom stereocenters. The first-order valence-corrected chi connectivity index (χ1v) is 7.21. The third-order valence-electron chi connectivity index (χ3n) is 2.37. The second kappa shape index (κ2) is 7.93. The summed E-state index contributed by atoms with van der Waals surface area (Å²) in [4.78, 5) is 15.6. The Labute approximate surface area is 113 Å². The smallest absolute Gasteiger partial charge is 0.307 e. The fourth-order valence-electron chi connectivity index (χ4n) is 1.45. The minimum Gasteiger partial charge on any atom is -0.466 e. The predicted octanol–water partition coefficient (Wildman–Crippen LogP) is 3.06. The number of benzene rings is 1. The lowest BCUT2D eigenvalue weighted by molar-refractivity contribution is -0.142. The molecular weight excluding hydrogens is 246 g/mol. The average Bonchev–Trinajstić information content (AvgIpc) is 2.36. The SMILES string of the molecule is CCOC(=O)CCN=C(SC)c1ccc(C)cc1. The van der Waals surface area contributed by atoms with Crippen molar-refractivity contribution in [2.24, 2.45) is 4.99 Å². The molecule has 0 saturated heterocycles. The van der Waals surface area contributed by atoms with Crippen LogP contribution in [0, 0.1) is 6.92 Å². The number of ether oxygens (including phenoxy) is 1. The fourth-order valence-corrected chi connectivity index (χ4v) is 2.04. The zero-order chi connectivity index (χ0) is 13.4. The van der Waals surface area contributed by atoms with E-state index in [1.54, 1.807) is 18.7 Å². The van der Waals surface area contributed by atoms with E-state index in [9.17, 15) is 4.79 Å². The highest BCUT2D eigenvalue weighted by Gasteiger charge is 2.03. The van der Waals surface area contributed by atoms with Crippen LogP contribution in [0.1, 0.15) is 24.5 Å². The normalized spacial score (nSPS) is 11.4. The van der Waals surface area contributed by atoms with E-state index in [2.05, 4.69) is 36.2 Å². The Morgan fingerprint density at radius 2 is 2.00 bits per heavy atom. The lowest BCUT2D eigenvalue weighted by Crippen LogP contribution is -2.06. The Morgan fingerprint density at radius 3 is 2.56 bits per heavy atom. The van der Waals surface area contributed by atoms with Crippen LogP contribution in [0.15, 0.2) is 29.3 Å². The largest absolute Gasteiger partial charge is 0.466 e.